The van der Waals surface area contributed by atoms with Crippen LogP contribution in [0.5, 0.6) is 0 Å². The van der Waals surface area contributed by atoms with E-state index in [1.165, 1.54) is 12.1 Å². The zero-order chi connectivity index (χ0) is 20.1. The van der Waals surface area contributed by atoms with Crippen LogP contribution in [0, 0.1) is 5.82 Å². The predicted molar refractivity (Wildman–Crippen MR) is 107 cm³/mol. The minimum Gasteiger partial charge on any atom is -0.370 e. The molecule has 1 saturated heterocycles. The van der Waals surface area contributed by atoms with Crippen LogP contribution in [-0.4, -0.2) is 61.8 Å². The largest absolute Gasteiger partial charge is 0.370 e. The van der Waals surface area contributed by atoms with E-state index >= 15 is 0 Å². The molecule has 1 aromatic carbocycles. The molecule has 0 bridgehead atoms. The Bertz CT molecular complexity index is 965. The lowest BCUT2D eigenvalue weighted by Gasteiger charge is -2.35. The van der Waals surface area contributed by atoms with Crippen molar-refractivity contribution in [2.24, 2.45) is 10.7 Å². The molecule has 0 aliphatic carbocycles. The summed E-state index contributed by atoms with van der Waals surface area (Å²) in [5, 5.41) is 4.38. The molecule has 1 fully saturated rings. The van der Waals surface area contributed by atoms with E-state index in [4.69, 9.17) is 5.73 Å². The van der Waals surface area contributed by atoms with E-state index < -0.39 is 0 Å². The van der Waals surface area contributed by atoms with Gasteiger partial charge in [0.1, 0.15) is 18.7 Å². The van der Waals surface area contributed by atoms with Gasteiger partial charge in [-0.3, -0.25) is 0 Å². The molecule has 9 nitrogen and oxygen atoms in total. The lowest BCUT2D eigenvalue weighted by Crippen LogP contribution is -2.51. The maximum Gasteiger partial charge on any atom is 0.225 e. The first-order valence-corrected chi connectivity index (χ1v) is 9.37. The van der Waals surface area contributed by atoms with Crippen molar-refractivity contribution < 1.29 is 4.39 Å². The Labute approximate surface area is 167 Å². The van der Waals surface area contributed by atoms with Gasteiger partial charge in [0.2, 0.25) is 5.95 Å². The average molecular weight is 395 g/mol. The highest BCUT2D eigenvalue weighted by molar-refractivity contribution is 5.78. The summed E-state index contributed by atoms with van der Waals surface area (Å²) in [6.45, 7) is 3.79. The summed E-state index contributed by atoms with van der Waals surface area (Å²) in [6.07, 6.45) is 5.10. The lowest BCUT2D eigenvalue weighted by atomic mass is 10.2. The molecule has 0 saturated carbocycles. The van der Waals surface area contributed by atoms with Crippen molar-refractivity contribution in [1.29, 1.82) is 0 Å². The number of hydrogen-bond acceptors (Lipinski definition) is 6. The highest BCUT2D eigenvalue weighted by Gasteiger charge is 2.19. The number of hydrogen-bond donors (Lipinski definition) is 1. The highest BCUT2D eigenvalue weighted by atomic mass is 19.1. The van der Waals surface area contributed by atoms with Crippen LogP contribution in [0.2, 0.25) is 0 Å². The number of guanidine groups is 1. The molecule has 1 aliphatic heterocycles. The fourth-order valence-corrected chi connectivity index (χ4v) is 3.15. The zero-order valence-corrected chi connectivity index (χ0v) is 15.9. The minimum absolute atomic E-state index is 0.265. The molecule has 0 radical (unpaired) electrons. The summed E-state index contributed by atoms with van der Waals surface area (Å²) in [7, 11) is 0. The quantitative estimate of drug-likeness (QED) is 0.506. The van der Waals surface area contributed by atoms with E-state index in [1.807, 2.05) is 11.0 Å². The molecule has 2 N–H and O–H groups in total. The fourth-order valence-electron chi connectivity index (χ4n) is 3.15. The Balaban J connectivity index is 1.30. The molecule has 0 unspecified atom stereocenters. The Morgan fingerprint density at radius 1 is 1.07 bits per heavy atom. The van der Waals surface area contributed by atoms with Crippen LogP contribution in [0.15, 0.2) is 54.0 Å². The molecule has 1 aliphatic rings. The molecule has 3 heterocycles. The summed E-state index contributed by atoms with van der Waals surface area (Å²) >= 11 is 0. The van der Waals surface area contributed by atoms with Crippen LogP contribution in [-0.2, 0) is 13.1 Å². The monoisotopic (exact) mass is 395 g/mol. The predicted octanol–water partition coefficient (Wildman–Crippen LogP) is 0.892. The maximum atomic E-state index is 13.3. The number of rotatable bonds is 5. The molecule has 29 heavy (non-hydrogen) atoms. The second-order valence-corrected chi connectivity index (χ2v) is 6.69. The smallest absolute Gasteiger partial charge is 0.225 e. The number of halogens is 1. The summed E-state index contributed by atoms with van der Waals surface area (Å²) in [4.78, 5) is 21.4. The summed E-state index contributed by atoms with van der Waals surface area (Å²) < 4.78 is 15.0. The van der Waals surface area contributed by atoms with E-state index in [0.29, 0.717) is 24.9 Å². The summed E-state index contributed by atoms with van der Waals surface area (Å²) in [6, 6.07) is 8.23. The van der Waals surface area contributed by atoms with Crippen LogP contribution < -0.4 is 10.6 Å². The van der Waals surface area contributed by atoms with Gasteiger partial charge in [0, 0.05) is 38.6 Å². The van der Waals surface area contributed by atoms with Crippen molar-refractivity contribution >= 4 is 11.9 Å². The van der Waals surface area contributed by atoms with Gasteiger partial charge in [-0.05, 0) is 23.8 Å². The van der Waals surface area contributed by atoms with E-state index in [-0.39, 0.29) is 5.82 Å². The molecule has 10 heteroatoms. The number of aromatic nitrogens is 5. The Kier molecular flexibility index (Phi) is 5.59. The molecular formula is C19H22FN9. The van der Waals surface area contributed by atoms with Gasteiger partial charge in [-0.25, -0.2) is 29.0 Å². The van der Waals surface area contributed by atoms with Gasteiger partial charge in [-0.2, -0.15) is 5.10 Å². The molecule has 4 rings (SSSR count). The number of benzene rings is 1. The molecule has 2 aromatic heterocycles. The van der Waals surface area contributed by atoms with Crippen molar-refractivity contribution in [3.63, 3.8) is 0 Å². The van der Waals surface area contributed by atoms with E-state index in [9.17, 15) is 4.39 Å². The van der Waals surface area contributed by atoms with E-state index in [1.54, 1.807) is 35.5 Å². The normalized spacial score (nSPS) is 15.0. The van der Waals surface area contributed by atoms with Gasteiger partial charge in [-0.1, -0.05) is 12.1 Å². The van der Waals surface area contributed by atoms with Crippen molar-refractivity contribution in [1.82, 2.24) is 29.6 Å². The highest BCUT2D eigenvalue weighted by Crippen LogP contribution is 2.10. The molecular weight excluding hydrogens is 373 g/mol. The van der Waals surface area contributed by atoms with E-state index in [2.05, 4.69) is 29.9 Å². The van der Waals surface area contributed by atoms with Crippen molar-refractivity contribution in [2.45, 2.75) is 13.1 Å². The van der Waals surface area contributed by atoms with E-state index in [0.717, 1.165) is 37.7 Å². The van der Waals surface area contributed by atoms with Crippen LogP contribution >= 0.6 is 0 Å². The number of nitrogens with two attached hydrogens (primary N) is 1. The topological polar surface area (TPSA) is 101 Å². The van der Waals surface area contributed by atoms with Gasteiger partial charge in [0.15, 0.2) is 11.8 Å². The van der Waals surface area contributed by atoms with Gasteiger partial charge >= 0.3 is 0 Å². The number of piperazine rings is 1. The summed E-state index contributed by atoms with van der Waals surface area (Å²) in [5.74, 6) is 1.51. The third-order valence-corrected chi connectivity index (χ3v) is 4.64. The van der Waals surface area contributed by atoms with Gasteiger partial charge < -0.3 is 15.5 Å². The van der Waals surface area contributed by atoms with Crippen LogP contribution in [0.1, 0.15) is 11.4 Å². The first-order chi connectivity index (χ1) is 14.2. The number of aliphatic imine (C=N–C) groups is 1. The standard InChI is InChI=1S/C19H22FN9/c20-16-4-1-3-15(11-16)13-29-14-25-17(26-29)12-24-18(21)27-7-9-28(10-8-27)19-22-5-2-6-23-19/h1-6,11,14H,7-10,12-13H2,(H2,21,24). The molecule has 0 spiro atoms. The van der Waals surface area contributed by atoms with Crippen LogP contribution in [0.25, 0.3) is 0 Å². The Morgan fingerprint density at radius 3 is 2.62 bits per heavy atom. The Morgan fingerprint density at radius 2 is 1.86 bits per heavy atom. The molecule has 0 atom stereocenters. The van der Waals surface area contributed by atoms with Gasteiger partial charge in [0.05, 0.1) is 6.54 Å². The summed E-state index contributed by atoms with van der Waals surface area (Å²) in [5.41, 5.74) is 6.97. The van der Waals surface area contributed by atoms with Crippen molar-refractivity contribution in [3.05, 3.63) is 66.3 Å². The number of anilines is 1. The third kappa shape index (κ3) is 4.84. The first-order valence-electron chi connectivity index (χ1n) is 9.37. The molecule has 150 valence electrons. The maximum absolute atomic E-state index is 13.3. The third-order valence-electron chi connectivity index (χ3n) is 4.64. The Hall–Kier alpha value is -3.56. The lowest BCUT2D eigenvalue weighted by molar-refractivity contribution is 0.378. The molecule has 0 amide bonds. The zero-order valence-electron chi connectivity index (χ0n) is 15.9. The van der Waals surface area contributed by atoms with Crippen LogP contribution in [0.3, 0.4) is 0 Å². The SMILES string of the molecule is NC(=NCc1ncn(Cc2cccc(F)c2)n1)N1CCN(c2ncccn2)CC1. The first kappa shape index (κ1) is 18.8. The van der Waals surface area contributed by atoms with Gasteiger partial charge in [-0.15, -0.1) is 0 Å². The number of nitrogens with zero attached hydrogens (tertiary/aromatic N) is 8. The van der Waals surface area contributed by atoms with Crippen LogP contribution in [0.4, 0.5) is 10.3 Å². The fraction of sp³-hybridized carbons (Fsp3) is 0.316. The second-order valence-electron chi connectivity index (χ2n) is 6.69. The average Bonchev–Trinajstić information content (AvgIpc) is 3.20. The van der Waals surface area contributed by atoms with Crippen molar-refractivity contribution in [2.75, 3.05) is 31.1 Å². The van der Waals surface area contributed by atoms with Gasteiger partial charge in [0.25, 0.3) is 0 Å². The van der Waals surface area contributed by atoms with Crippen molar-refractivity contribution in [3.8, 4) is 0 Å². The molecule has 3 aromatic rings. The minimum atomic E-state index is -0.265. The second kappa shape index (κ2) is 8.63.